The van der Waals surface area contributed by atoms with Gasteiger partial charge >= 0.3 is 0 Å². The van der Waals surface area contributed by atoms with Crippen LogP contribution in [0.1, 0.15) is 12.0 Å². The standard InChI is InChI=1S/C11H17N3O2/c12-14-11(15)10(8-13-16)7-6-9-4-2-1-3-5-9/h1-5,10,13,16H,6-8,12H2,(H,14,15). The third-order valence-corrected chi connectivity index (χ3v) is 2.48. The van der Waals surface area contributed by atoms with Crippen LogP contribution in [-0.2, 0) is 11.2 Å². The third kappa shape index (κ3) is 3.98. The topological polar surface area (TPSA) is 87.4 Å². The lowest BCUT2D eigenvalue weighted by Crippen LogP contribution is -2.40. The van der Waals surface area contributed by atoms with Crippen LogP contribution in [0.2, 0.25) is 0 Å². The van der Waals surface area contributed by atoms with E-state index in [1.165, 1.54) is 0 Å². The molecule has 5 N–H and O–H groups in total. The molecule has 1 atom stereocenters. The van der Waals surface area contributed by atoms with Gasteiger partial charge in [-0.25, -0.2) is 11.3 Å². The smallest absolute Gasteiger partial charge is 0.238 e. The minimum absolute atomic E-state index is 0.204. The van der Waals surface area contributed by atoms with E-state index in [1.807, 2.05) is 35.8 Å². The van der Waals surface area contributed by atoms with Gasteiger partial charge < -0.3 is 5.21 Å². The molecule has 0 aliphatic heterocycles. The third-order valence-electron chi connectivity index (χ3n) is 2.48. The molecular formula is C11H17N3O2. The Kier molecular flexibility index (Phi) is 5.49. The molecule has 5 heteroatoms. The molecule has 1 aromatic carbocycles. The number of carbonyl (C=O) groups is 1. The van der Waals surface area contributed by atoms with Gasteiger partial charge in [0.2, 0.25) is 5.91 Å². The average Bonchev–Trinajstić information content (AvgIpc) is 2.34. The summed E-state index contributed by atoms with van der Waals surface area (Å²) < 4.78 is 0. The van der Waals surface area contributed by atoms with Crippen molar-refractivity contribution in [2.45, 2.75) is 12.8 Å². The normalized spacial score (nSPS) is 12.1. The van der Waals surface area contributed by atoms with E-state index in [-0.39, 0.29) is 18.4 Å². The van der Waals surface area contributed by atoms with Crippen molar-refractivity contribution in [3.8, 4) is 0 Å². The van der Waals surface area contributed by atoms with Crippen LogP contribution in [0, 0.1) is 5.92 Å². The predicted molar refractivity (Wildman–Crippen MR) is 60.4 cm³/mol. The van der Waals surface area contributed by atoms with Crippen LogP contribution >= 0.6 is 0 Å². The van der Waals surface area contributed by atoms with Crippen molar-refractivity contribution in [1.29, 1.82) is 0 Å². The fourth-order valence-corrected chi connectivity index (χ4v) is 1.54. The summed E-state index contributed by atoms with van der Waals surface area (Å²) >= 11 is 0. The Morgan fingerprint density at radius 2 is 2.06 bits per heavy atom. The van der Waals surface area contributed by atoms with Gasteiger partial charge in [-0.2, -0.15) is 0 Å². The maximum atomic E-state index is 11.3. The van der Waals surface area contributed by atoms with E-state index in [0.29, 0.717) is 6.42 Å². The summed E-state index contributed by atoms with van der Waals surface area (Å²) in [6, 6.07) is 9.87. The van der Waals surface area contributed by atoms with Gasteiger partial charge in [0.15, 0.2) is 0 Å². The average molecular weight is 223 g/mol. The monoisotopic (exact) mass is 223 g/mol. The number of hydrogen-bond donors (Lipinski definition) is 4. The molecule has 1 amide bonds. The predicted octanol–water partition coefficient (Wildman–Crippen LogP) is 0.204. The maximum absolute atomic E-state index is 11.3. The zero-order valence-electron chi connectivity index (χ0n) is 9.02. The number of rotatable bonds is 6. The van der Waals surface area contributed by atoms with Crippen LogP contribution in [0.3, 0.4) is 0 Å². The molecule has 0 bridgehead atoms. The lowest BCUT2D eigenvalue weighted by atomic mass is 9.99. The van der Waals surface area contributed by atoms with E-state index in [4.69, 9.17) is 11.0 Å². The highest BCUT2D eigenvalue weighted by atomic mass is 16.5. The van der Waals surface area contributed by atoms with Crippen molar-refractivity contribution in [2.75, 3.05) is 6.54 Å². The number of carbonyl (C=O) groups excluding carboxylic acids is 1. The van der Waals surface area contributed by atoms with Crippen molar-refractivity contribution in [3.63, 3.8) is 0 Å². The number of nitrogens with one attached hydrogen (secondary N) is 2. The molecule has 1 aromatic rings. The SMILES string of the molecule is NNC(=O)C(CCc1ccccc1)CNO. The molecule has 0 aromatic heterocycles. The molecule has 0 spiro atoms. The molecule has 1 unspecified atom stereocenters. The Morgan fingerprint density at radius 3 is 2.62 bits per heavy atom. The Morgan fingerprint density at radius 1 is 1.38 bits per heavy atom. The summed E-state index contributed by atoms with van der Waals surface area (Å²) in [5.74, 6) is 4.47. The van der Waals surface area contributed by atoms with E-state index in [9.17, 15) is 4.79 Å². The van der Waals surface area contributed by atoms with Gasteiger partial charge in [-0.15, -0.1) is 0 Å². The molecule has 1 rings (SSSR count). The van der Waals surface area contributed by atoms with Crippen molar-refractivity contribution in [1.82, 2.24) is 10.9 Å². The fraction of sp³-hybridized carbons (Fsp3) is 0.364. The Labute approximate surface area is 94.6 Å². The van der Waals surface area contributed by atoms with E-state index in [0.717, 1.165) is 12.0 Å². The molecule has 0 saturated heterocycles. The highest BCUT2D eigenvalue weighted by Crippen LogP contribution is 2.09. The molecule has 5 nitrogen and oxygen atoms in total. The molecule has 0 fully saturated rings. The summed E-state index contributed by atoms with van der Waals surface area (Å²) in [4.78, 5) is 11.3. The van der Waals surface area contributed by atoms with Crippen LogP contribution in [0.4, 0.5) is 0 Å². The van der Waals surface area contributed by atoms with Gasteiger partial charge in [0.1, 0.15) is 0 Å². The molecule has 0 aliphatic rings. The summed E-state index contributed by atoms with van der Waals surface area (Å²) in [6.45, 7) is 0.204. The molecule has 0 saturated carbocycles. The second-order valence-electron chi connectivity index (χ2n) is 3.59. The van der Waals surface area contributed by atoms with E-state index < -0.39 is 0 Å². The lowest BCUT2D eigenvalue weighted by Gasteiger charge is -2.13. The first kappa shape index (κ1) is 12.6. The number of hydrazine groups is 1. The quantitative estimate of drug-likeness (QED) is 0.315. The van der Waals surface area contributed by atoms with Crippen LogP contribution < -0.4 is 16.7 Å². The van der Waals surface area contributed by atoms with E-state index >= 15 is 0 Å². The van der Waals surface area contributed by atoms with Gasteiger partial charge in [0, 0.05) is 6.54 Å². The molecule has 0 aliphatic carbocycles. The van der Waals surface area contributed by atoms with E-state index in [2.05, 4.69) is 5.43 Å². The van der Waals surface area contributed by atoms with E-state index in [1.54, 1.807) is 0 Å². The number of nitrogens with two attached hydrogens (primary N) is 1. The first-order valence-electron chi connectivity index (χ1n) is 5.19. The minimum Gasteiger partial charge on any atom is -0.317 e. The first-order chi connectivity index (χ1) is 7.77. The number of aryl methyl sites for hydroxylation is 1. The van der Waals surface area contributed by atoms with Gasteiger partial charge in [-0.05, 0) is 18.4 Å². The van der Waals surface area contributed by atoms with Crippen LogP contribution in [0.25, 0.3) is 0 Å². The van der Waals surface area contributed by atoms with Crippen molar-refractivity contribution in [2.24, 2.45) is 11.8 Å². The molecule has 16 heavy (non-hydrogen) atoms. The molecule has 0 radical (unpaired) electrons. The fourth-order valence-electron chi connectivity index (χ4n) is 1.54. The lowest BCUT2D eigenvalue weighted by molar-refractivity contribution is -0.125. The second-order valence-corrected chi connectivity index (χ2v) is 3.59. The zero-order valence-corrected chi connectivity index (χ0v) is 9.02. The van der Waals surface area contributed by atoms with Gasteiger partial charge in [0.05, 0.1) is 5.92 Å². The zero-order chi connectivity index (χ0) is 11.8. The summed E-state index contributed by atoms with van der Waals surface area (Å²) in [7, 11) is 0. The van der Waals surface area contributed by atoms with Gasteiger partial charge in [0.25, 0.3) is 0 Å². The summed E-state index contributed by atoms with van der Waals surface area (Å²) in [6.07, 6.45) is 1.42. The maximum Gasteiger partial charge on any atom is 0.238 e. The van der Waals surface area contributed by atoms with Crippen LogP contribution in [0.15, 0.2) is 30.3 Å². The summed E-state index contributed by atoms with van der Waals surface area (Å²) in [5, 5.41) is 8.61. The van der Waals surface area contributed by atoms with Crippen LogP contribution in [-0.4, -0.2) is 17.7 Å². The largest absolute Gasteiger partial charge is 0.317 e. The molecular weight excluding hydrogens is 206 g/mol. The Balaban J connectivity index is 2.47. The van der Waals surface area contributed by atoms with Crippen molar-refractivity contribution < 1.29 is 10.0 Å². The molecule has 0 heterocycles. The van der Waals surface area contributed by atoms with Crippen molar-refractivity contribution in [3.05, 3.63) is 35.9 Å². The number of hydrogen-bond acceptors (Lipinski definition) is 4. The number of benzene rings is 1. The second kappa shape index (κ2) is 6.95. The van der Waals surface area contributed by atoms with Crippen molar-refractivity contribution >= 4 is 5.91 Å². The Hall–Kier alpha value is -1.43. The minimum atomic E-state index is -0.324. The highest BCUT2D eigenvalue weighted by molar-refractivity contribution is 5.78. The summed E-state index contributed by atoms with van der Waals surface area (Å²) in [5.41, 5.74) is 5.26. The Bertz CT molecular complexity index is 316. The van der Waals surface area contributed by atoms with Gasteiger partial charge in [-0.1, -0.05) is 30.3 Å². The highest BCUT2D eigenvalue weighted by Gasteiger charge is 2.16. The first-order valence-corrected chi connectivity index (χ1v) is 5.19. The van der Waals surface area contributed by atoms with Gasteiger partial charge in [-0.3, -0.25) is 10.2 Å². The molecule has 88 valence electrons. The number of amides is 1. The van der Waals surface area contributed by atoms with Crippen LogP contribution in [0.5, 0.6) is 0 Å². The number of hydroxylamine groups is 1.